The second kappa shape index (κ2) is 9.40. The molecular weight excluding hydrogens is 414 g/mol. The Morgan fingerprint density at radius 2 is 2.06 bits per heavy atom. The topological polar surface area (TPSA) is 63.7 Å². The average Bonchev–Trinajstić information content (AvgIpc) is 2.87. The van der Waals surface area contributed by atoms with Crippen molar-refractivity contribution in [3.05, 3.63) is 66.4 Å². The van der Waals surface area contributed by atoms with Gasteiger partial charge in [-0.3, -0.25) is 15.2 Å². The quantitative estimate of drug-likeness (QED) is 0.531. The summed E-state index contributed by atoms with van der Waals surface area (Å²) in [5, 5.41) is 3.86. The van der Waals surface area contributed by atoms with E-state index in [1.54, 1.807) is 13.3 Å². The van der Waals surface area contributed by atoms with Crippen molar-refractivity contribution >= 4 is 22.7 Å². The van der Waals surface area contributed by atoms with E-state index in [1.807, 2.05) is 54.6 Å². The third-order valence-electron chi connectivity index (χ3n) is 7.35. The van der Waals surface area contributed by atoms with Crippen LogP contribution in [0.15, 0.2) is 60.8 Å². The highest BCUT2D eigenvalue weighted by molar-refractivity contribution is 5.86. The number of benzene rings is 2. The van der Waals surface area contributed by atoms with Crippen molar-refractivity contribution in [1.29, 1.82) is 0 Å². The molecule has 3 unspecified atom stereocenters. The van der Waals surface area contributed by atoms with E-state index in [0.29, 0.717) is 5.92 Å². The highest BCUT2D eigenvalue weighted by atomic mass is 16.6. The number of hydrogen-bond acceptors (Lipinski definition) is 5. The first-order chi connectivity index (χ1) is 16.2. The number of carbonyl (C=O) groups excluding carboxylic acids is 1. The lowest BCUT2D eigenvalue weighted by Crippen LogP contribution is -2.55. The fourth-order valence-electron chi connectivity index (χ4n) is 5.61. The van der Waals surface area contributed by atoms with Gasteiger partial charge in [-0.2, -0.15) is 0 Å². The zero-order valence-electron chi connectivity index (χ0n) is 19.2. The lowest BCUT2D eigenvalue weighted by molar-refractivity contribution is -0.0583. The molecule has 0 saturated carbocycles. The van der Waals surface area contributed by atoms with Gasteiger partial charge in [0, 0.05) is 29.4 Å². The van der Waals surface area contributed by atoms with Crippen LogP contribution in [0.25, 0.3) is 10.9 Å². The highest BCUT2D eigenvalue weighted by Gasteiger charge is 2.44. The van der Waals surface area contributed by atoms with E-state index in [9.17, 15) is 4.79 Å². The predicted molar refractivity (Wildman–Crippen MR) is 129 cm³/mol. The predicted octanol–water partition coefficient (Wildman–Crippen LogP) is 5.65. The SMILES string of the molecule is CCC1CN2CCC1C[C@H]2[C@H](OC(=O)Nc1ccccc1)c1ccnc2ccc(OC)cc12. The van der Waals surface area contributed by atoms with E-state index < -0.39 is 12.2 Å². The molecule has 3 aliphatic heterocycles. The number of para-hydroxylation sites is 1. The molecule has 3 aliphatic rings. The summed E-state index contributed by atoms with van der Waals surface area (Å²) in [7, 11) is 1.66. The third kappa shape index (κ3) is 4.40. The van der Waals surface area contributed by atoms with Gasteiger partial charge in [-0.15, -0.1) is 0 Å². The number of hydrogen-bond donors (Lipinski definition) is 1. The summed E-state index contributed by atoms with van der Waals surface area (Å²) < 4.78 is 11.7. The van der Waals surface area contributed by atoms with Gasteiger partial charge in [-0.25, -0.2) is 4.79 Å². The number of piperidine rings is 3. The molecule has 3 aromatic rings. The van der Waals surface area contributed by atoms with Crippen LogP contribution in [0.5, 0.6) is 5.75 Å². The molecule has 3 fully saturated rings. The van der Waals surface area contributed by atoms with Crippen LogP contribution in [0.3, 0.4) is 0 Å². The maximum atomic E-state index is 13.0. The molecule has 6 heteroatoms. The lowest BCUT2D eigenvalue weighted by atomic mass is 9.72. The second-order valence-corrected chi connectivity index (χ2v) is 9.12. The smallest absolute Gasteiger partial charge is 0.412 e. The molecule has 0 spiro atoms. The maximum Gasteiger partial charge on any atom is 0.412 e. The Hall–Kier alpha value is -3.12. The molecule has 0 aliphatic carbocycles. The minimum atomic E-state index is -0.436. The molecular formula is C27H31N3O3. The Kier molecular flexibility index (Phi) is 6.18. The van der Waals surface area contributed by atoms with E-state index >= 15 is 0 Å². The summed E-state index contributed by atoms with van der Waals surface area (Å²) >= 11 is 0. The monoisotopic (exact) mass is 445 g/mol. The van der Waals surface area contributed by atoms with E-state index in [1.165, 1.54) is 12.8 Å². The molecule has 2 aromatic carbocycles. The minimum absolute atomic E-state index is 0.143. The van der Waals surface area contributed by atoms with E-state index in [2.05, 4.69) is 22.1 Å². The number of fused-ring (bicyclic) bond motifs is 4. The number of carbonyl (C=O) groups is 1. The summed E-state index contributed by atoms with van der Waals surface area (Å²) in [5.74, 6) is 2.17. The molecule has 3 saturated heterocycles. The zero-order valence-corrected chi connectivity index (χ0v) is 19.2. The van der Waals surface area contributed by atoms with Crippen LogP contribution in [-0.4, -0.2) is 42.2 Å². The number of nitrogens with one attached hydrogen (secondary N) is 1. The largest absolute Gasteiger partial charge is 0.497 e. The molecule has 1 aromatic heterocycles. The lowest BCUT2D eigenvalue weighted by Gasteiger charge is -2.51. The number of ether oxygens (including phenoxy) is 2. The van der Waals surface area contributed by atoms with E-state index in [-0.39, 0.29) is 6.04 Å². The average molecular weight is 446 g/mol. The first-order valence-electron chi connectivity index (χ1n) is 11.9. The second-order valence-electron chi connectivity index (χ2n) is 9.12. The van der Waals surface area contributed by atoms with Crippen molar-refractivity contribution in [1.82, 2.24) is 9.88 Å². The molecule has 6 nitrogen and oxygen atoms in total. The van der Waals surface area contributed by atoms with Crippen LogP contribution >= 0.6 is 0 Å². The molecule has 2 bridgehead atoms. The Bertz CT molecular complexity index is 1120. The van der Waals surface area contributed by atoms with Gasteiger partial charge in [0.05, 0.1) is 18.7 Å². The molecule has 1 N–H and O–H groups in total. The summed E-state index contributed by atoms with van der Waals surface area (Å²) in [6.07, 6.45) is 4.43. The van der Waals surface area contributed by atoms with Crippen molar-refractivity contribution < 1.29 is 14.3 Å². The number of aromatic nitrogens is 1. The van der Waals surface area contributed by atoms with E-state index in [0.717, 1.165) is 53.3 Å². The molecule has 5 atom stereocenters. The van der Waals surface area contributed by atoms with Crippen LogP contribution in [0.1, 0.15) is 37.9 Å². The number of methoxy groups -OCH3 is 1. The molecule has 6 rings (SSSR count). The number of rotatable bonds is 6. The van der Waals surface area contributed by atoms with Crippen molar-refractivity contribution in [2.75, 3.05) is 25.5 Å². The van der Waals surface area contributed by atoms with Gasteiger partial charge >= 0.3 is 6.09 Å². The fraction of sp³-hybridized carbons (Fsp3) is 0.407. The summed E-state index contributed by atoms with van der Waals surface area (Å²) in [6, 6.07) is 17.4. The van der Waals surface area contributed by atoms with Gasteiger partial charge < -0.3 is 9.47 Å². The summed E-state index contributed by atoms with van der Waals surface area (Å²) in [5.41, 5.74) is 2.57. The zero-order chi connectivity index (χ0) is 22.8. The van der Waals surface area contributed by atoms with Gasteiger partial charge in [0.2, 0.25) is 0 Å². The van der Waals surface area contributed by atoms with Gasteiger partial charge in [0.1, 0.15) is 11.9 Å². The normalized spacial score (nSPS) is 24.9. The Labute approximate surface area is 194 Å². The Balaban J connectivity index is 1.51. The van der Waals surface area contributed by atoms with Crippen molar-refractivity contribution in [2.24, 2.45) is 11.8 Å². The Morgan fingerprint density at radius 3 is 2.79 bits per heavy atom. The molecule has 172 valence electrons. The summed E-state index contributed by atoms with van der Waals surface area (Å²) in [6.45, 7) is 4.40. The van der Waals surface area contributed by atoms with Gasteiger partial charge in [-0.05, 0) is 67.6 Å². The fourth-order valence-corrected chi connectivity index (χ4v) is 5.61. The molecule has 33 heavy (non-hydrogen) atoms. The van der Waals surface area contributed by atoms with Crippen molar-refractivity contribution in [3.63, 3.8) is 0 Å². The van der Waals surface area contributed by atoms with Crippen molar-refractivity contribution in [2.45, 2.75) is 38.3 Å². The van der Waals surface area contributed by atoms with Crippen LogP contribution in [0, 0.1) is 11.8 Å². The van der Waals surface area contributed by atoms with Gasteiger partial charge in [0.15, 0.2) is 0 Å². The number of nitrogens with zero attached hydrogens (tertiary/aromatic N) is 2. The van der Waals surface area contributed by atoms with Crippen LogP contribution in [0.2, 0.25) is 0 Å². The molecule has 1 amide bonds. The Morgan fingerprint density at radius 1 is 1.21 bits per heavy atom. The third-order valence-corrected chi connectivity index (χ3v) is 7.35. The van der Waals surface area contributed by atoms with Crippen molar-refractivity contribution in [3.8, 4) is 5.75 Å². The first-order valence-corrected chi connectivity index (χ1v) is 11.9. The summed E-state index contributed by atoms with van der Waals surface area (Å²) in [4.78, 5) is 20.1. The van der Waals surface area contributed by atoms with Gasteiger partial charge in [-0.1, -0.05) is 31.5 Å². The van der Waals surface area contributed by atoms with E-state index in [4.69, 9.17) is 9.47 Å². The first kappa shape index (κ1) is 21.7. The maximum absolute atomic E-state index is 13.0. The minimum Gasteiger partial charge on any atom is -0.497 e. The van der Waals surface area contributed by atoms with Gasteiger partial charge in [0.25, 0.3) is 0 Å². The molecule has 0 radical (unpaired) electrons. The number of amides is 1. The highest BCUT2D eigenvalue weighted by Crippen LogP contribution is 2.44. The van der Waals surface area contributed by atoms with Crippen LogP contribution < -0.4 is 10.1 Å². The molecule has 4 heterocycles. The number of anilines is 1. The van der Waals surface area contributed by atoms with Crippen LogP contribution in [0.4, 0.5) is 10.5 Å². The standard InChI is InChI=1S/C27H31N3O3/c1-3-18-17-30-14-12-19(18)15-25(30)26(33-27(31)29-20-7-5-4-6-8-20)22-11-13-28-24-10-9-21(32-2)16-23(22)24/h4-11,13,16,18-19,25-26H,3,12,14-15,17H2,1-2H3,(H,29,31)/t18?,19?,25-,26+/m0/s1. The number of pyridine rings is 1. The van der Waals surface area contributed by atoms with Crippen LogP contribution in [-0.2, 0) is 4.74 Å².